The zero-order chi connectivity index (χ0) is 55.5. The molecule has 1 unspecified atom stereocenters. The van der Waals surface area contributed by atoms with E-state index in [0.29, 0.717) is 87.4 Å². The van der Waals surface area contributed by atoms with E-state index in [9.17, 15) is 54.3 Å². The van der Waals surface area contributed by atoms with Crippen LogP contribution in [0.5, 0.6) is 0 Å². The van der Waals surface area contributed by atoms with Crippen molar-refractivity contribution in [1.82, 2.24) is 9.47 Å². The van der Waals surface area contributed by atoms with Gasteiger partial charge in [-0.25, -0.2) is 26.2 Å². The minimum Gasteiger partial charge on any atom is -0.478 e. The first kappa shape index (κ1) is 57.6. The summed E-state index contributed by atoms with van der Waals surface area (Å²) in [6.45, 7) is 9.44. The third-order valence-corrected chi connectivity index (χ3v) is 18.5. The smallest absolute Gasteiger partial charge is 0.478 e. The van der Waals surface area contributed by atoms with Gasteiger partial charge in [-0.3, -0.25) is 9.25 Å². The number of nitrogens with zero attached hydrogens (tertiary/aromatic N) is 4. The van der Waals surface area contributed by atoms with Gasteiger partial charge in [-0.1, -0.05) is 54.1 Å². The quantitative estimate of drug-likeness (QED) is 0.0356. The Morgan fingerprint density at radius 1 is 0.818 bits per heavy atom. The van der Waals surface area contributed by atoms with Crippen LogP contribution in [0.1, 0.15) is 55.2 Å². The van der Waals surface area contributed by atoms with Crippen molar-refractivity contribution < 1.29 is 58.8 Å². The summed E-state index contributed by atoms with van der Waals surface area (Å²) < 4.78 is 118. The minimum atomic E-state index is -6.09. The van der Waals surface area contributed by atoms with E-state index in [0.717, 1.165) is 45.2 Å². The fourth-order valence-electron chi connectivity index (χ4n) is 9.86. The molecule has 1 aromatic heterocycles. The van der Waals surface area contributed by atoms with E-state index in [4.69, 9.17) is 16.1 Å². The summed E-state index contributed by atoms with van der Waals surface area (Å²) in [7, 11) is -15.4. The number of sulfone groups is 1. The summed E-state index contributed by atoms with van der Waals surface area (Å²) in [5, 5.41) is 14.1. The number of benzene rings is 5. The monoisotopic (exact) mass is 1160 g/mol. The molecule has 0 bridgehead atoms. The van der Waals surface area contributed by atoms with E-state index >= 15 is 0 Å². The molecule has 2 fully saturated rings. The maximum atomic E-state index is 14.4. The number of piperazine rings is 1. The van der Waals surface area contributed by atoms with Gasteiger partial charge in [-0.15, -0.1) is 11.8 Å². The molecule has 6 aromatic rings. The van der Waals surface area contributed by atoms with Crippen LogP contribution in [-0.2, 0) is 28.9 Å². The Kier molecular flexibility index (Phi) is 17.8. The molecule has 5 aromatic carbocycles. The van der Waals surface area contributed by atoms with E-state index in [1.165, 1.54) is 23.9 Å². The average Bonchev–Trinajstić information content (AvgIpc) is 3.92. The molecule has 77 heavy (non-hydrogen) atoms. The van der Waals surface area contributed by atoms with Crippen molar-refractivity contribution >= 4 is 79.8 Å². The van der Waals surface area contributed by atoms with Gasteiger partial charge < -0.3 is 39.5 Å². The first-order valence-corrected chi connectivity index (χ1v) is 30.6. The molecule has 3 heterocycles. The second-order valence-corrected chi connectivity index (χ2v) is 25.4. The minimum absolute atomic E-state index is 0.0423. The first-order chi connectivity index (χ1) is 36.4. The zero-order valence-electron chi connectivity index (χ0n) is 42.2. The summed E-state index contributed by atoms with van der Waals surface area (Å²) in [5.41, 5.74) is -0.607. The molecule has 0 spiro atoms. The number of carboxylic acid groups (broad SMARTS) is 1. The Hall–Kier alpha value is -5.55. The van der Waals surface area contributed by atoms with Crippen LogP contribution < -0.4 is 19.8 Å². The van der Waals surface area contributed by atoms with Gasteiger partial charge in [0.05, 0.1) is 27.9 Å². The number of halogens is 4. The third-order valence-electron chi connectivity index (χ3n) is 13.6. The Morgan fingerprint density at radius 2 is 1.45 bits per heavy atom. The van der Waals surface area contributed by atoms with Crippen LogP contribution in [0, 0.1) is 6.92 Å². The maximum absolute atomic E-state index is 14.4. The summed E-state index contributed by atoms with van der Waals surface area (Å²) in [5.74, 6) is -0.746. The molecular weight excluding hydrogens is 1100 g/mol. The number of nitrogens with one attached hydrogen (secondary N) is 2. The molecule has 0 saturated carbocycles. The van der Waals surface area contributed by atoms with Crippen LogP contribution in [0.15, 0.2) is 136 Å². The number of carboxylic acids is 1. The highest BCUT2D eigenvalue weighted by Crippen LogP contribution is 2.44. The number of alkyl halides is 3. The first-order valence-electron chi connectivity index (χ1n) is 24.7. The summed E-state index contributed by atoms with van der Waals surface area (Å²) >= 11 is 7.64. The van der Waals surface area contributed by atoms with Crippen LogP contribution >= 0.6 is 31.2 Å². The number of thioether (sulfide) groups is 1. The number of phosphoric ester groups is 1. The molecule has 412 valence electrons. The van der Waals surface area contributed by atoms with Gasteiger partial charge in [-0.05, 0) is 130 Å². The summed E-state index contributed by atoms with van der Waals surface area (Å²) in [6.07, 6.45) is 0.343. The van der Waals surface area contributed by atoms with Crippen molar-refractivity contribution in [3.63, 3.8) is 0 Å². The highest BCUT2D eigenvalue weighted by Gasteiger charge is 2.48. The van der Waals surface area contributed by atoms with E-state index in [2.05, 4.69) is 19.8 Å². The molecule has 2 saturated heterocycles. The predicted molar refractivity (Wildman–Crippen MR) is 296 cm³/mol. The van der Waals surface area contributed by atoms with Crippen molar-refractivity contribution in [1.29, 1.82) is 0 Å². The largest absolute Gasteiger partial charge is 0.501 e. The summed E-state index contributed by atoms with van der Waals surface area (Å²) in [6, 6.07) is 32.7. The molecule has 2 aliphatic heterocycles. The number of rotatable bonds is 20. The Labute approximate surface area is 455 Å². The molecule has 0 radical (unpaired) electrons. The average molecular weight is 1160 g/mol. The molecule has 24 heteroatoms. The number of phosphoric acid groups is 1. The predicted octanol–water partition coefficient (Wildman–Crippen LogP) is 11.0. The van der Waals surface area contributed by atoms with Gasteiger partial charge >= 0.3 is 19.3 Å². The molecule has 16 nitrogen and oxygen atoms in total. The van der Waals surface area contributed by atoms with E-state index in [-0.39, 0.29) is 23.0 Å². The normalized spacial score (nSPS) is 15.7. The van der Waals surface area contributed by atoms with Gasteiger partial charge in [0.1, 0.15) is 4.90 Å². The number of hydrogen-bond donors (Lipinski definition) is 5. The molecular formula is C53H59ClF3N6O10PS3. The molecule has 5 N–H and O–H groups in total. The lowest BCUT2D eigenvalue weighted by atomic mass is 9.96. The van der Waals surface area contributed by atoms with Crippen molar-refractivity contribution in [2.24, 2.45) is 0 Å². The lowest BCUT2D eigenvalue weighted by molar-refractivity contribution is -0.0436. The molecule has 0 aliphatic carbocycles. The van der Waals surface area contributed by atoms with Gasteiger partial charge in [0.2, 0.25) is 0 Å². The Bertz CT molecular complexity index is 3330. The summed E-state index contributed by atoms with van der Waals surface area (Å²) in [4.78, 5) is 36.6. The maximum Gasteiger partial charge on any atom is 0.501 e. The number of sulfonamides is 1. The van der Waals surface area contributed by atoms with E-state index in [1.54, 1.807) is 24.3 Å². The lowest BCUT2D eigenvalue weighted by Gasteiger charge is -2.37. The van der Waals surface area contributed by atoms with Crippen molar-refractivity contribution in [2.75, 3.05) is 71.4 Å². The number of hydrogen-bond acceptors (Lipinski definition) is 12. The van der Waals surface area contributed by atoms with Gasteiger partial charge in [0.25, 0.3) is 19.9 Å². The van der Waals surface area contributed by atoms with Crippen molar-refractivity contribution in [2.45, 2.75) is 78.4 Å². The highest BCUT2D eigenvalue weighted by atomic mass is 35.5. The second kappa shape index (κ2) is 23.8. The van der Waals surface area contributed by atoms with Crippen LogP contribution in [-0.4, -0.2) is 116 Å². The Balaban J connectivity index is 0.960. The standard InChI is InChI=1S/C53H59ClF3N6O10PS3/c1-35(2)63-36(3)49(52(64)65)50(51(63)37-12-14-39(54)15-13-37)38-8-7-9-43(32-38)62-30-28-61(29-31-62)42-18-16-40(17-19-42)59-77(71,72)46-20-21-47(48(33-46)76(69,70)53(55,56)57)58-41(34-75-45-10-5-4-6-11-45)22-25-60-26-23-44(24-27-60)73-74(66,67)68/h4-21,32-33,35,41,44,58-59H,22-31,34H2,1-3H3,(H,64,65)(H2,66,67,68). The number of piperidine rings is 1. The second-order valence-electron chi connectivity index (χ2n) is 19.1. The van der Waals surface area contributed by atoms with Gasteiger partial charge in [0.15, 0.2) is 0 Å². The van der Waals surface area contributed by atoms with Gasteiger partial charge in [-0.2, -0.15) is 13.2 Å². The zero-order valence-corrected chi connectivity index (χ0v) is 46.3. The lowest BCUT2D eigenvalue weighted by Crippen LogP contribution is -2.46. The number of aromatic nitrogens is 1. The van der Waals surface area contributed by atoms with E-state index in [1.807, 2.05) is 97.0 Å². The molecule has 1 atom stereocenters. The molecule has 0 amide bonds. The van der Waals surface area contributed by atoms with Crippen LogP contribution in [0.4, 0.5) is 35.9 Å². The topological polar surface area (TPSA) is 211 Å². The molecule has 8 rings (SSSR count). The van der Waals surface area contributed by atoms with E-state index < -0.39 is 66.8 Å². The Morgan fingerprint density at radius 3 is 2.05 bits per heavy atom. The fourth-order valence-corrected chi connectivity index (χ4v) is 13.7. The number of anilines is 4. The van der Waals surface area contributed by atoms with Gasteiger partial charge in [0, 0.05) is 102 Å². The number of aromatic carboxylic acids is 1. The fraction of sp³-hybridized carbons (Fsp3) is 0.340. The van der Waals surface area contributed by atoms with Crippen LogP contribution in [0.25, 0.3) is 22.4 Å². The van der Waals surface area contributed by atoms with Crippen LogP contribution in [0.2, 0.25) is 5.02 Å². The third kappa shape index (κ3) is 13.8. The molecule has 2 aliphatic rings. The number of likely N-dealkylation sites (tertiary alicyclic amines) is 1. The SMILES string of the molecule is Cc1c(C(=O)O)c(-c2cccc(N3CCN(c4ccc(NS(=O)(=O)c5ccc(NC(CCN6CCC(OP(=O)(O)O)CC6)CSc6ccccc6)c(S(=O)(=O)C(F)(F)F)c5)cc4)CC3)c2)c(-c2ccc(Cl)cc2)n1C(C)C. The van der Waals surface area contributed by atoms with Crippen LogP contribution in [0.3, 0.4) is 0 Å². The number of carbonyl (C=O) groups is 1. The van der Waals surface area contributed by atoms with Crippen molar-refractivity contribution in [3.8, 4) is 22.4 Å². The van der Waals surface area contributed by atoms with Crippen molar-refractivity contribution in [3.05, 3.63) is 138 Å². The highest BCUT2D eigenvalue weighted by molar-refractivity contribution is 7.99.